The molecule has 0 radical (unpaired) electrons. The zero-order valence-corrected chi connectivity index (χ0v) is 72.4. The van der Waals surface area contributed by atoms with Crippen molar-refractivity contribution in [2.24, 2.45) is 0 Å². The zero-order chi connectivity index (χ0) is 88.7. The van der Waals surface area contributed by atoms with Gasteiger partial charge in [0.15, 0.2) is 23.3 Å². The van der Waals surface area contributed by atoms with Crippen LogP contribution in [0.15, 0.2) is 473 Å². The molecule has 0 amide bonds. The molecule has 27 aromatic rings. The lowest BCUT2D eigenvalue weighted by molar-refractivity contribution is 1.07. The minimum Gasteiger partial charge on any atom is -0.309 e. The van der Waals surface area contributed by atoms with E-state index >= 15 is 0 Å². The second-order valence-corrected chi connectivity index (χ2v) is 33.7. The van der Waals surface area contributed by atoms with Crippen LogP contribution in [0.25, 0.3) is 233 Å². The van der Waals surface area contributed by atoms with Gasteiger partial charge in [0.2, 0.25) is 0 Å². The van der Waals surface area contributed by atoms with Gasteiger partial charge in [-0.3, -0.25) is 0 Å². The molecule has 27 rings (SSSR count). The van der Waals surface area contributed by atoms with Crippen molar-refractivity contribution in [2.45, 2.75) is 0 Å². The molecule has 0 atom stereocenters. The first-order valence-electron chi connectivity index (χ1n) is 45.1. The van der Waals surface area contributed by atoms with Crippen molar-refractivity contribution in [3.05, 3.63) is 479 Å². The summed E-state index contributed by atoms with van der Waals surface area (Å²) in [5.74, 6) is 2.64. The number of fused-ring (bicyclic) bond motifs is 18. The molecule has 0 aliphatic carbocycles. The second kappa shape index (κ2) is 32.7. The van der Waals surface area contributed by atoms with Crippen LogP contribution in [-0.4, -0.2) is 52.3 Å². The number of hydrogen-bond acceptors (Lipinski definition) is 6. The molecule has 0 fully saturated rings. The van der Waals surface area contributed by atoms with E-state index in [0.717, 1.165) is 134 Å². The highest BCUT2D eigenvalue weighted by atomic mass is 15.1. The SMILES string of the molecule is N#Cc1cccc2c1c1ccccc1n2-c1ccc2c(c1)c1ccccc1n2-c1ccccc1.c1ccc(-c2cc(-c3cccc4c3c3ccccc3n4-c3ccc4c(c3)c3ccccc3n4-c3ccccc3)nc(-c3ccccc3)n2)cc1.c1ccc(-c2nc(-c3ccccc3)nc(-c3ccc4c(c3)c3cc(-n5c6ccccc6c6ccccc65)ccc3n4-c3ccccc3)n2)cc1. The van der Waals surface area contributed by atoms with E-state index in [-0.39, 0.29) is 0 Å². The third-order valence-corrected chi connectivity index (χ3v) is 26.0. The summed E-state index contributed by atoms with van der Waals surface area (Å²) in [6.45, 7) is 0. The molecule has 0 aliphatic heterocycles. The van der Waals surface area contributed by atoms with E-state index in [2.05, 4.69) is 397 Å². The summed E-state index contributed by atoms with van der Waals surface area (Å²) < 4.78 is 14.1. The highest BCUT2D eigenvalue weighted by Crippen LogP contribution is 2.45. The highest BCUT2D eigenvalue weighted by Gasteiger charge is 2.25. The Hall–Kier alpha value is -18.4. The highest BCUT2D eigenvalue weighted by molar-refractivity contribution is 6.19. The van der Waals surface area contributed by atoms with Crippen LogP contribution in [-0.2, 0) is 0 Å². The first-order valence-corrected chi connectivity index (χ1v) is 45.1. The third-order valence-electron chi connectivity index (χ3n) is 26.0. The predicted molar refractivity (Wildman–Crippen MR) is 552 cm³/mol. The molecule has 626 valence electrons. The van der Waals surface area contributed by atoms with E-state index < -0.39 is 0 Å². The number of nitriles is 1. The van der Waals surface area contributed by atoms with Gasteiger partial charge in [-0.1, -0.05) is 303 Å². The van der Waals surface area contributed by atoms with Gasteiger partial charge in [0.1, 0.15) is 0 Å². The Morgan fingerprint density at radius 3 is 0.843 bits per heavy atom. The van der Waals surface area contributed by atoms with Crippen LogP contribution < -0.4 is 0 Å². The minimum absolute atomic E-state index is 0.638. The van der Waals surface area contributed by atoms with E-state index in [1.54, 1.807) is 0 Å². The van der Waals surface area contributed by atoms with E-state index in [9.17, 15) is 5.26 Å². The van der Waals surface area contributed by atoms with Crippen LogP contribution >= 0.6 is 0 Å². The van der Waals surface area contributed by atoms with Gasteiger partial charge >= 0.3 is 0 Å². The average molecular weight is 1710 g/mol. The fourth-order valence-corrected chi connectivity index (χ4v) is 20.2. The lowest BCUT2D eigenvalue weighted by atomic mass is 10.0. The summed E-state index contributed by atoms with van der Waals surface area (Å²) in [6.07, 6.45) is 0. The van der Waals surface area contributed by atoms with Crippen molar-refractivity contribution in [1.29, 1.82) is 5.26 Å². The number of hydrogen-bond donors (Lipinski definition) is 0. The largest absolute Gasteiger partial charge is 0.309 e. The van der Waals surface area contributed by atoms with Gasteiger partial charge in [0.25, 0.3) is 0 Å². The van der Waals surface area contributed by atoms with Gasteiger partial charge in [0.05, 0.1) is 89.2 Å². The Morgan fingerprint density at radius 1 is 0.164 bits per heavy atom. The summed E-state index contributed by atoms with van der Waals surface area (Å²) >= 11 is 0. The first-order chi connectivity index (χ1) is 66.5. The Kier molecular flexibility index (Phi) is 19.0. The molecule has 0 N–H and O–H groups in total. The maximum atomic E-state index is 9.78. The van der Waals surface area contributed by atoms with E-state index in [1.807, 2.05) is 109 Å². The molecule has 12 heteroatoms. The lowest BCUT2D eigenvalue weighted by Crippen LogP contribution is -2.00. The van der Waals surface area contributed by atoms with Crippen LogP contribution in [0, 0.1) is 11.3 Å². The van der Waals surface area contributed by atoms with Gasteiger partial charge in [-0.05, 0) is 170 Å². The number of benzene rings is 19. The molecule has 0 unspecified atom stereocenters. The molecule has 134 heavy (non-hydrogen) atoms. The first kappa shape index (κ1) is 77.9. The molecule has 0 saturated carbocycles. The Labute approximate surface area is 770 Å². The monoisotopic (exact) mass is 1710 g/mol. The summed E-state index contributed by atoms with van der Waals surface area (Å²) in [4.78, 5) is 25.3. The number of para-hydroxylation sites is 9. The fraction of sp³-hybridized carbons (Fsp3) is 0. The molecular formula is C122H78N12. The van der Waals surface area contributed by atoms with Crippen LogP contribution in [0.3, 0.4) is 0 Å². The molecule has 0 bridgehead atoms. The van der Waals surface area contributed by atoms with Crippen LogP contribution in [0.5, 0.6) is 0 Å². The molecule has 0 aliphatic rings. The number of aromatic nitrogens is 11. The van der Waals surface area contributed by atoms with Crippen molar-refractivity contribution in [1.82, 2.24) is 52.3 Å². The minimum atomic E-state index is 0.638. The standard InChI is InChI=1S/C46H30N4.C45H29N5.C31H19N3/c1-4-15-31(16-5-1)39-30-40(48-46(47-39)32-17-6-2-7-18-32)36-23-14-26-44-45(36)37-22-11-13-25-42(37)50(44)34-27-28-43-38(29-34)35-21-10-12-24-41(35)49(43)33-19-8-3-9-20-33;1-4-14-30(15-5-1)43-46-44(31-16-6-2-7-17-31)48-45(47-43)32-24-26-41-37(28-32)38-29-34(25-27-42(38)49(41)33-18-8-3-9-19-33)50-39-22-12-10-20-35(39)36-21-11-13-23-40(36)50;32-20-21-9-8-16-30-31(21)25-13-5-7-15-28(25)34(30)23-17-18-29-26(19-23)24-12-4-6-14-27(24)33(29)22-10-2-1-3-11-22/h1-30H;1-29H;1-19H. The molecule has 0 spiro atoms. The van der Waals surface area contributed by atoms with Crippen LogP contribution in [0.4, 0.5) is 0 Å². The smallest absolute Gasteiger partial charge is 0.164 e. The van der Waals surface area contributed by atoms with E-state index in [0.29, 0.717) is 28.9 Å². The normalized spacial score (nSPS) is 11.6. The van der Waals surface area contributed by atoms with E-state index in [4.69, 9.17) is 24.9 Å². The van der Waals surface area contributed by atoms with Gasteiger partial charge < -0.3 is 27.4 Å². The van der Waals surface area contributed by atoms with Gasteiger partial charge in [-0.2, -0.15) is 5.26 Å². The summed E-state index contributed by atoms with van der Waals surface area (Å²) in [6, 6.07) is 168. The Bertz CT molecular complexity index is 9140. The fourth-order valence-electron chi connectivity index (χ4n) is 20.2. The van der Waals surface area contributed by atoms with Crippen molar-refractivity contribution >= 4 is 131 Å². The molecule has 8 aromatic heterocycles. The zero-order valence-electron chi connectivity index (χ0n) is 72.4. The number of rotatable bonds is 12. The van der Waals surface area contributed by atoms with E-state index in [1.165, 1.54) is 76.2 Å². The molecule has 12 nitrogen and oxygen atoms in total. The maximum absolute atomic E-state index is 9.78. The van der Waals surface area contributed by atoms with Gasteiger partial charge in [0, 0.05) is 132 Å². The lowest BCUT2D eigenvalue weighted by Gasteiger charge is -2.12. The van der Waals surface area contributed by atoms with Crippen LogP contribution in [0.2, 0.25) is 0 Å². The Balaban J connectivity index is 0.000000110. The topological polar surface area (TPSA) is 118 Å². The van der Waals surface area contributed by atoms with Gasteiger partial charge in [-0.25, -0.2) is 24.9 Å². The average Bonchev–Trinajstić information content (AvgIpc) is 1.58. The predicted octanol–water partition coefficient (Wildman–Crippen LogP) is 30.5. The quantitative estimate of drug-likeness (QED) is 0.120. The van der Waals surface area contributed by atoms with Crippen molar-refractivity contribution in [3.8, 4) is 108 Å². The van der Waals surface area contributed by atoms with Crippen molar-refractivity contribution in [3.63, 3.8) is 0 Å². The second-order valence-electron chi connectivity index (χ2n) is 33.7. The third kappa shape index (κ3) is 13.2. The molecular weight excluding hydrogens is 1630 g/mol. The van der Waals surface area contributed by atoms with Gasteiger partial charge in [-0.15, -0.1) is 0 Å². The molecule has 0 saturated heterocycles. The summed E-state index contributed by atoms with van der Waals surface area (Å²) in [5.41, 5.74) is 29.0. The summed E-state index contributed by atoms with van der Waals surface area (Å²) in [5, 5.41) is 23.9. The maximum Gasteiger partial charge on any atom is 0.164 e. The number of nitrogens with zero attached hydrogens (tertiary/aromatic N) is 12. The summed E-state index contributed by atoms with van der Waals surface area (Å²) in [7, 11) is 0. The Morgan fingerprint density at radius 2 is 0.433 bits per heavy atom. The van der Waals surface area contributed by atoms with Crippen molar-refractivity contribution < 1.29 is 0 Å². The molecule has 19 aromatic carbocycles. The van der Waals surface area contributed by atoms with Crippen LogP contribution in [0.1, 0.15) is 5.56 Å². The van der Waals surface area contributed by atoms with Crippen molar-refractivity contribution in [2.75, 3.05) is 0 Å². The molecule has 8 heterocycles.